The molecule has 146 valence electrons. The van der Waals surface area contributed by atoms with Gasteiger partial charge in [0.2, 0.25) is 0 Å². The zero-order chi connectivity index (χ0) is 19.8. The number of amides is 1. The quantitative estimate of drug-likeness (QED) is 0.755. The minimum absolute atomic E-state index is 0.0333. The first-order chi connectivity index (χ1) is 13.4. The van der Waals surface area contributed by atoms with Crippen molar-refractivity contribution in [2.75, 3.05) is 18.8 Å². The highest BCUT2D eigenvalue weighted by atomic mass is 16.2. The van der Waals surface area contributed by atoms with Gasteiger partial charge in [0.15, 0.2) is 0 Å². The highest BCUT2D eigenvalue weighted by Gasteiger charge is 2.29. The van der Waals surface area contributed by atoms with Crippen LogP contribution in [0, 0.1) is 0 Å². The SMILES string of the molecule is CC(C)c1cc(C(=O)N2CCC[C@H](c3nc4ccccc4cc3N)C2)n(C)n1. The van der Waals surface area contributed by atoms with Crippen LogP contribution in [0.4, 0.5) is 5.69 Å². The summed E-state index contributed by atoms with van der Waals surface area (Å²) in [6, 6.07) is 11.9. The van der Waals surface area contributed by atoms with E-state index in [4.69, 9.17) is 10.7 Å². The number of piperidine rings is 1. The molecule has 1 atom stereocenters. The van der Waals surface area contributed by atoms with Gasteiger partial charge in [-0.25, -0.2) is 0 Å². The van der Waals surface area contributed by atoms with E-state index in [0.717, 1.165) is 41.7 Å². The van der Waals surface area contributed by atoms with Gasteiger partial charge in [0, 0.05) is 31.4 Å². The summed E-state index contributed by atoms with van der Waals surface area (Å²) in [7, 11) is 1.84. The first-order valence-electron chi connectivity index (χ1n) is 9.92. The predicted molar refractivity (Wildman–Crippen MR) is 111 cm³/mol. The zero-order valence-corrected chi connectivity index (χ0v) is 16.7. The second kappa shape index (κ2) is 7.26. The van der Waals surface area contributed by atoms with Crippen molar-refractivity contribution in [3.63, 3.8) is 0 Å². The normalized spacial score (nSPS) is 17.4. The number of hydrogen-bond donors (Lipinski definition) is 1. The van der Waals surface area contributed by atoms with E-state index in [2.05, 4.69) is 18.9 Å². The lowest BCUT2D eigenvalue weighted by molar-refractivity contribution is 0.0695. The van der Waals surface area contributed by atoms with Crippen molar-refractivity contribution in [3.8, 4) is 0 Å². The number of aromatic nitrogens is 3. The minimum Gasteiger partial charge on any atom is -0.397 e. The number of hydrogen-bond acceptors (Lipinski definition) is 4. The molecule has 6 nitrogen and oxygen atoms in total. The van der Waals surface area contributed by atoms with Crippen LogP contribution in [0.25, 0.3) is 10.9 Å². The molecule has 3 heterocycles. The molecule has 0 bridgehead atoms. The van der Waals surface area contributed by atoms with E-state index in [-0.39, 0.29) is 11.8 Å². The summed E-state index contributed by atoms with van der Waals surface area (Å²) in [6.45, 7) is 5.56. The standard InChI is InChI=1S/C22H27N5O/c1-14(2)19-12-20(26(3)25-19)22(28)27-10-6-8-16(13-27)21-17(23)11-15-7-4-5-9-18(15)24-21/h4-5,7,9,11-12,14,16H,6,8,10,13,23H2,1-3H3/t16-/m0/s1. The number of carbonyl (C=O) groups is 1. The lowest BCUT2D eigenvalue weighted by Gasteiger charge is -2.33. The van der Waals surface area contributed by atoms with Crippen molar-refractivity contribution in [3.05, 3.63) is 53.5 Å². The van der Waals surface area contributed by atoms with Gasteiger partial charge in [-0.05, 0) is 37.0 Å². The maximum Gasteiger partial charge on any atom is 0.272 e. The molecule has 0 radical (unpaired) electrons. The van der Waals surface area contributed by atoms with Crippen LogP contribution in [0.1, 0.15) is 60.4 Å². The van der Waals surface area contributed by atoms with Crippen molar-refractivity contribution >= 4 is 22.5 Å². The fourth-order valence-electron chi connectivity index (χ4n) is 3.99. The monoisotopic (exact) mass is 377 g/mol. The maximum absolute atomic E-state index is 13.1. The van der Waals surface area contributed by atoms with Gasteiger partial charge >= 0.3 is 0 Å². The fraction of sp³-hybridized carbons (Fsp3) is 0.409. The fourth-order valence-corrected chi connectivity index (χ4v) is 3.99. The third-order valence-electron chi connectivity index (χ3n) is 5.59. The van der Waals surface area contributed by atoms with Crippen molar-refractivity contribution < 1.29 is 4.79 Å². The molecule has 4 rings (SSSR count). The summed E-state index contributed by atoms with van der Waals surface area (Å²) in [4.78, 5) is 19.9. The van der Waals surface area contributed by atoms with E-state index in [1.807, 2.05) is 48.3 Å². The number of nitrogen functional groups attached to an aromatic ring is 1. The molecule has 0 unspecified atom stereocenters. The molecular formula is C22H27N5O. The molecule has 2 N–H and O–H groups in total. The molecule has 1 fully saturated rings. The Bertz CT molecular complexity index is 1020. The van der Waals surface area contributed by atoms with Gasteiger partial charge in [0.25, 0.3) is 5.91 Å². The molecular weight excluding hydrogens is 350 g/mol. The Morgan fingerprint density at radius 3 is 2.79 bits per heavy atom. The second-order valence-corrected chi connectivity index (χ2v) is 7.98. The summed E-state index contributed by atoms with van der Waals surface area (Å²) >= 11 is 0. The second-order valence-electron chi connectivity index (χ2n) is 7.98. The Morgan fingerprint density at radius 1 is 1.25 bits per heavy atom. The van der Waals surface area contributed by atoms with Crippen LogP contribution in [0.15, 0.2) is 36.4 Å². The number of fused-ring (bicyclic) bond motifs is 1. The number of nitrogens with zero attached hydrogens (tertiary/aromatic N) is 4. The number of nitrogens with two attached hydrogens (primary N) is 1. The Kier molecular flexibility index (Phi) is 4.79. The average Bonchev–Trinajstić information content (AvgIpc) is 3.09. The first kappa shape index (κ1) is 18.5. The van der Waals surface area contributed by atoms with Crippen molar-refractivity contribution in [1.29, 1.82) is 0 Å². The zero-order valence-electron chi connectivity index (χ0n) is 16.7. The van der Waals surface area contributed by atoms with Gasteiger partial charge in [0.05, 0.1) is 22.6 Å². The van der Waals surface area contributed by atoms with Crippen LogP contribution in [0.5, 0.6) is 0 Å². The van der Waals surface area contributed by atoms with Crippen molar-refractivity contribution in [2.45, 2.75) is 38.5 Å². The van der Waals surface area contributed by atoms with Crippen LogP contribution < -0.4 is 5.73 Å². The third-order valence-corrected chi connectivity index (χ3v) is 5.59. The van der Waals surface area contributed by atoms with Crippen molar-refractivity contribution in [1.82, 2.24) is 19.7 Å². The molecule has 0 spiro atoms. The Hall–Kier alpha value is -2.89. The van der Waals surface area contributed by atoms with Crippen LogP contribution in [0.3, 0.4) is 0 Å². The van der Waals surface area contributed by atoms with E-state index in [1.54, 1.807) is 4.68 Å². The number of aryl methyl sites for hydroxylation is 1. The number of anilines is 1. The number of benzene rings is 1. The van der Waals surface area contributed by atoms with E-state index in [0.29, 0.717) is 23.8 Å². The summed E-state index contributed by atoms with van der Waals surface area (Å²) in [5.74, 6) is 0.481. The molecule has 0 saturated carbocycles. The van der Waals surface area contributed by atoms with E-state index < -0.39 is 0 Å². The molecule has 1 aromatic carbocycles. The lowest BCUT2D eigenvalue weighted by atomic mass is 9.92. The molecule has 1 saturated heterocycles. The maximum atomic E-state index is 13.1. The molecule has 1 aliphatic rings. The van der Waals surface area contributed by atoms with E-state index >= 15 is 0 Å². The average molecular weight is 377 g/mol. The minimum atomic E-state index is 0.0333. The molecule has 2 aromatic heterocycles. The van der Waals surface area contributed by atoms with Gasteiger partial charge in [-0.1, -0.05) is 32.0 Å². The van der Waals surface area contributed by atoms with E-state index in [1.165, 1.54) is 0 Å². The number of rotatable bonds is 3. The van der Waals surface area contributed by atoms with Gasteiger partial charge in [-0.3, -0.25) is 14.5 Å². The molecule has 3 aromatic rings. The molecule has 1 amide bonds. The summed E-state index contributed by atoms with van der Waals surface area (Å²) in [5.41, 5.74) is 10.5. The van der Waals surface area contributed by atoms with Crippen LogP contribution >= 0.6 is 0 Å². The van der Waals surface area contributed by atoms with Gasteiger partial charge < -0.3 is 10.6 Å². The third kappa shape index (κ3) is 3.35. The lowest BCUT2D eigenvalue weighted by Crippen LogP contribution is -2.40. The Balaban J connectivity index is 1.59. The molecule has 0 aliphatic carbocycles. The number of likely N-dealkylation sites (tertiary alicyclic amines) is 1. The smallest absolute Gasteiger partial charge is 0.272 e. The largest absolute Gasteiger partial charge is 0.397 e. The number of para-hydroxylation sites is 1. The number of carbonyl (C=O) groups excluding carboxylic acids is 1. The van der Waals surface area contributed by atoms with Crippen molar-refractivity contribution in [2.24, 2.45) is 7.05 Å². The Labute approximate surface area is 165 Å². The summed E-state index contributed by atoms with van der Waals surface area (Å²) in [6.07, 6.45) is 1.93. The van der Waals surface area contributed by atoms with Crippen LogP contribution in [-0.2, 0) is 7.05 Å². The summed E-state index contributed by atoms with van der Waals surface area (Å²) in [5, 5.41) is 5.53. The summed E-state index contributed by atoms with van der Waals surface area (Å²) < 4.78 is 1.70. The topological polar surface area (TPSA) is 77.0 Å². The molecule has 28 heavy (non-hydrogen) atoms. The van der Waals surface area contributed by atoms with Gasteiger partial charge in [-0.15, -0.1) is 0 Å². The van der Waals surface area contributed by atoms with E-state index in [9.17, 15) is 4.79 Å². The van der Waals surface area contributed by atoms with Gasteiger partial charge in [0.1, 0.15) is 5.69 Å². The highest BCUT2D eigenvalue weighted by molar-refractivity contribution is 5.93. The number of pyridine rings is 1. The molecule has 6 heteroatoms. The molecule has 1 aliphatic heterocycles. The van der Waals surface area contributed by atoms with Crippen LogP contribution in [0.2, 0.25) is 0 Å². The Morgan fingerprint density at radius 2 is 2.04 bits per heavy atom. The predicted octanol–water partition coefficient (Wildman–Crippen LogP) is 3.69. The first-order valence-corrected chi connectivity index (χ1v) is 9.92. The van der Waals surface area contributed by atoms with Crippen LogP contribution in [-0.4, -0.2) is 38.7 Å². The van der Waals surface area contributed by atoms with Gasteiger partial charge in [-0.2, -0.15) is 5.10 Å². The highest BCUT2D eigenvalue weighted by Crippen LogP contribution is 2.32.